The molecular formula is C6H14FNOS. The fraction of sp³-hybridized carbons (Fsp3) is 1.00. The molecule has 0 amide bonds. The Balaban J connectivity index is 3.58. The molecule has 0 radical (unpaired) electrons. The third kappa shape index (κ3) is 6.16. The van der Waals surface area contributed by atoms with Gasteiger partial charge in [-0.15, -0.1) is 0 Å². The zero-order valence-electron chi connectivity index (χ0n) is 6.39. The van der Waals surface area contributed by atoms with Gasteiger partial charge in [0, 0.05) is 22.1 Å². The molecule has 0 fully saturated rings. The van der Waals surface area contributed by atoms with E-state index < -0.39 is 23.0 Å². The van der Waals surface area contributed by atoms with Crippen molar-refractivity contribution in [3.8, 4) is 0 Å². The lowest BCUT2D eigenvalue weighted by Gasteiger charge is -2.16. The third-order valence-corrected chi connectivity index (χ3v) is 2.51. The molecule has 2 nitrogen and oxygen atoms in total. The Morgan fingerprint density at radius 1 is 1.60 bits per heavy atom. The minimum absolute atomic E-state index is 0.112. The molecule has 2 N–H and O–H groups in total. The monoisotopic (exact) mass is 167 g/mol. The van der Waals surface area contributed by atoms with Crippen molar-refractivity contribution >= 4 is 10.8 Å². The Bertz CT molecular complexity index is 121. The lowest BCUT2D eigenvalue weighted by atomic mass is 10.1. The van der Waals surface area contributed by atoms with Crippen LogP contribution in [0.15, 0.2) is 0 Å². The van der Waals surface area contributed by atoms with Gasteiger partial charge in [-0.3, -0.25) is 8.60 Å². The van der Waals surface area contributed by atoms with Gasteiger partial charge in [0.05, 0.1) is 5.75 Å². The molecule has 0 heterocycles. The first-order valence-corrected chi connectivity index (χ1v) is 4.64. The van der Waals surface area contributed by atoms with Gasteiger partial charge in [0.1, 0.15) is 6.67 Å². The van der Waals surface area contributed by atoms with Crippen LogP contribution in [0.5, 0.6) is 0 Å². The van der Waals surface area contributed by atoms with Crippen LogP contribution in [0.25, 0.3) is 0 Å². The molecule has 0 aliphatic heterocycles. The highest BCUT2D eigenvalue weighted by molar-refractivity contribution is 7.85. The molecule has 10 heavy (non-hydrogen) atoms. The minimum Gasteiger partial charge on any atom is -0.325 e. The fourth-order valence-corrected chi connectivity index (χ4v) is 1.72. The molecular weight excluding hydrogens is 153 g/mol. The first kappa shape index (κ1) is 10.0. The van der Waals surface area contributed by atoms with Crippen molar-refractivity contribution in [2.45, 2.75) is 19.4 Å². The van der Waals surface area contributed by atoms with Gasteiger partial charge >= 0.3 is 0 Å². The summed E-state index contributed by atoms with van der Waals surface area (Å²) in [5, 5.41) is 0. The molecule has 4 heteroatoms. The molecule has 0 rings (SSSR count). The van der Waals surface area contributed by atoms with Crippen molar-refractivity contribution in [1.29, 1.82) is 0 Å². The predicted octanol–water partition coefficient (Wildman–Crippen LogP) is 0.442. The number of hydrogen-bond acceptors (Lipinski definition) is 2. The van der Waals surface area contributed by atoms with Crippen molar-refractivity contribution in [1.82, 2.24) is 0 Å². The summed E-state index contributed by atoms with van der Waals surface area (Å²) < 4.78 is 22.4. The van der Waals surface area contributed by atoms with Crippen LogP contribution in [0.4, 0.5) is 4.39 Å². The topological polar surface area (TPSA) is 43.1 Å². The second-order valence-electron chi connectivity index (χ2n) is 2.97. The number of alkyl halides is 1. The van der Waals surface area contributed by atoms with Crippen molar-refractivity contribution in [2.75, 3.05) is 18.2 Å². The highest BCUT2D eigenvalue weighted by atomic mass is 32.2. The van der Waals surface area contributed by atoms with Crippen molar-refractivity contribution in [3.63, 3.8) is 0 Å². The van der Waals surface area contributed by atoms with E-state index >= 15 is 0 Å². The zero-order chi connectivity index (χ0) is 8.20. The lowest BCUT2D eigenvalue weighted by Crippen LogP contribution is -2.38. The molecule has 0 aromatic heterocycles. The molecule has 0 aromatic rings. The summed E-state index contributed by atoms with van der Waals surface area (Å²) in [5.41, 5.74) is 5.11. The number of hydrogen-bond donors (Lipinski definition) is 1. The third-order valence-electron chi connectivity index (χ3n) is 0.838. The Morgan fingerprint density at radius 2 is 2.10 bits per heavy atom. The normalized spacial score (nSPS) is 15.2. The quantitative estimate of drug-likeness (QED) is 0.660. The van der Waals surface area contributed by atoms with Crippen LogP contribution < -0.4 is 5.73 Å². The van der Waals surface area contributed by atoms with Crippen molar-refractivity contribution < 1.29 is 8.60 Å². The van der Waals surface area contributed by atoms with Gasteiger partial charge in [0.2, 0.25) is 0 Å². The van der Waals surface area contributed by atoms with Gasteiger partial charge in [-0.25, -0.2) is 0 Å². The molecule has 0 bridgehead atoms. The maximum absolute atomic E-state index is 11.6. The molecule has 0 saturated carbocycles. The predicted molar refractivity (Wildman–Crippen MR) is 42.1 cm³/mol. The summed E-state index contributed by atoms with van der Waals surface area (Å²) in [5.74, 6) is 0.484. The first-order valence-electron chi connectivity index (χ1n) is 3.15. The summed E-state index contributed by atoms with van der Waals surface area (Å²) in [6, 6.07) is 0. The highest BCUT2D eigenvalue weighted by Crippen LogP contribution is 1.99. The molecule has 0 spiro atoms. The number of nitrogens with two attached hydrogens (primary N) is 1. The second-order valence-corrected chi connectivity index (χ2v) is 4.54. The van der Waals surface area contributed by atoms with Gasteiger partial charge in [-0.2, -0.15) is 0 Å². The largest absolute Gasteiger partial charge is 0.325 e. The van der Waals surface area contributed by atoms with Gasteiger partial charge in [-0.05, 0) is 13.8 Å². The summed E-state index contributed by atoms with van der Waals surface area (Å²) in [7, 11) is -1.09. The molecule has 62 valence electrons. The first-order chi connectivity index (χ1) is 4.45. The van der Waals surface area contributed by atoms with E-state index in [9.17, 15) is 8.60 Å². The van der Waals surface area contributed by atoms with Crippen LogP contribution in [0.3, 0.4) is 0 Å². The summed E-state index contributed by atoms with van der Waals surface area (Å²) in [4.78, 5) is 0. The highest BCUT2D eigenvalue weighted by Gasteiger charge is 2.14. The van der Waals surface area contributed by atoms with Crippen LogP contribution >= 0.6 is 0 Å². The van der Waals surface area contributed by atoms with Gasteiger partial charge < -0.3 is 5.73 Å². The maximum Gasteiger partial charge on any atom is 0.101 e. The molecule has 0 saturated heterocycles. The van der Waals surface area contributed by atoms with Crippen LogP contribution in [0.2, 0.25) is 0 Å². The van der Waals surface area contributed by atoms with Crippen molar-refractivity contribution in [3.05, 3.63) is 0 Å². The van der Waals surface area contributed by atoms with Gasteiger partial charge in [-0.1, -0.05) is 0 Å². The van der Waals surface area contributed by atoms with E-state index in [1.54, 1.807) is 13.8 Å². The average Bonchev–Trinajstić information content (AvgIpc) is 1.59. The fourth-order valence-electron chi connectivity index (χ4n) is 0.573. The molecule has 1 atom stereocenters. The van der Waals surface area contributed by atoms with Crippen LogP contribution in [-0.2, 0) is 10.8 Å². The Morgan fingerprint density at radius 3 is 2.40 bits per heavy atom. The molecule has 0 aromatic carbocycles. The van der Waals surface area contributed by atoms with Crippen LogP contribution in [-0.4, -0.2) is 27.9 Å². The van der Waals surface area contributed by atoms with E-state index in [-0.39, 0.29) is 5.75 Å². The van der Waals surface area contributed by atoms with Crippen LogP contribution in [0, 0.1) is 0 Å². The van der Waals surface area contributed by atoms with E-state index in [2.05, 4.69) is 0 Å². The minimum atomic E-state index is -1.09. The number of halogens is 1. The molecule has 1 unspecified atom stereocenters. The van der Waals surface area contributed by atoms with E-state index in [4.69, 9.17) is 5.73 Å². The second kappa shape index (κ2) is 4.03. The lowest BCUT2D eigenvalue weighted by molar-refractivity contribution is 0.524. The Kier molecular flexibility index (Phi) is 4.05. The molecule has 0 aliphatic carbocycles. The summed E-state index contributed by atoms with van der Waals surface area (Å²) >= 11 is 0. The standard InChI is InChI=1S/C6H14FNOS/c1-6(2,8)5-10(9)4-3-7/h3-5,8H2,1-2H3. The van der Waals surface area contributed by atoms with E-state index in [1.165, 1.54) is 0 Å². The van der Waals surface area contributed by atoms with Gasteiger partial charge in [0.15, 0.2) is 0 Å². The summed E-state index contributed by atoms with van der Waals surface area (Å²) in [6.45, 7) is 3.04. The van der Waals surface area contributed by atoms with E-state index in [0.29, 0.717) is 5.75 Å². The Labute approximate surface area is 63.4 Å². The average molecular weight is 167 g/mol. The molecule has 0 aliphatic rings. The summed E-state index contributed by atoms with van der Waals surface area (Å²) in [6.07, 6.45) is 0. The Hall–Kier alpha value is 0.0400. The van der Waals surface area contributed by atoms with Crippen molar-refractivity contribution in [2.24, 2.45) is 5.73 Å². The van der Waals surface area contributed by atoms with E-state index in [1.807, 2.05) is 0 Å². The smallest absolute Gasteiger partial charge is 0.101 e. The van der Waals surface area contributed by atoms with Gasteiger partial charge in [0.25, 0.3) is 0 Å². The van der Waals surface area contributed by atoms with Crippen LogP contribution in [0.1, 0.15) is 13.8 Å². The maximum atomic E-state index is 11.6. The van der Waals surface area contributed by atoms with E-state index in [0.717, 1.165) is 0 Å². The number of rotatable bonds is 4. The SMILES string of the molecule is CC(C)(N)CS(=O)CCF. The zero-order valence-corrected chi connectivity index (χ0v) is 7.21.